The largest absolute Gasteiger partial charge is 0.0885 e. The van der Waals surface area contributed by atoms with Gasteiger partial charge in [0.25, 0.3) is 0 Å². The lowest BCUT2D eigenvalue weighted by Gasteiger charge is -2.03. The van der Waals surface area contributed by atoms with E-state index in [-0.39, 0.29) is 0 Å². The van der Waals surface area contributed by atoms with Crippen LogP contribution >= 0.6 is 0 Å². The molecule has 0 nitrogen and oxygen atoms in total. The SMILES string of the molecule is CCCCC=CCCCCCCCC[C](C)C. The van der Waals surface area contributed by atoms with Gasteiger partial charge in [-0.25, -0.2) is 0 Å². The van der Waals surface area contributed by atoms with Crippen molar-refractivity contribution in [3.63, 3.8) is 0 Å². The molecule has 0 aromatic carbocycles. The molecule has 0 aromatic rings. The van der Waals surface area contributed by atoms with Gasteiger partial charge in [0.15, 0.2) is 0 Å². The molecule has 0 rings (SSSR count). The number of allylic oxidation sites excluding steroid dienone is 2. The van der Waals surface area contributed by atoms with Crippen LogP contribution in [0, 0.1) is 5.92 Å². The maximum absolute atomic E-state index is 2.38. The predicted molar refractivity (Wildman–Crippen MR) is 80.2 cm³/mol. The molecule has 0 aromatic heterocycles. The van der Waals surface area contributed by atoms with E-state index in [1.165, 1.54) is 70.6 Å². The van der Waals surface area contributed by atoms with Crippen LogP contribution in [0.5, 0.6) is 0 Å². The Morgan fingerprint density at radius 3 is 1.82 bits per heavy atom. The second kappa shape index (κ2) is 13.8. The Labute approximate surface area is 110 Å². The van der Waals surface area contributed by atoms with E-state index in [1.807, 2.05) is 0 Å². The van der Waals surface area contributed by atoms with Crippen molar-refractivity contribution in [1.82, 2.24) is 0 Å². The van der Waals surface area contributed by atoms with Crippen molar-refractivity contribution in [2.24, 2.45) is 0 Å². The third kappa shape index (κ3) is 15.7. The molecule has 0 N–H and O–H groups in total. The van der Waals surface area contributed by atoms with E-state index >= 15 is 0 Å². The summed E-state index contributed by atoms with van der Waals surface area (Å²) in [5.74, 6) is 1.59. The minimum Gasteiger partial charge on any atom is -0.0885 e. The van der Waals surface area contributed by atoms with Gasteiger partial charge in [0.05, 0.1) is 0 Å². The highest BCUT2D eigenvalue weighted by molar-refractivity contribution is 4.81. The van der Waals surface area contributed by atoms with Gasteiger partial charge < -0.3 is 0 Å². The maximum Gasteiger partial charge on any atom is -0.0303 e. The zero-order valence-corrected chi connectivity index (χ0v) is 12.4. The summed E-state index contributed by atoms with van der Waals surface area (Å²) in [4.78, 5) is 0. The smallest absolute Gasteiger partial charge is 0.0303 e. The second-order valence-electron chi connectivity index (χ2n) is 5.48. The van der Waals surface area contributed by atoms with Crippen LogP contribution in [-0.2, 0) is 0 Å². The number of hydrogen-bond acceptors (Lipinski definition) is 0. The zero-order chi connectivity index (χ0) is 12.8. The highest BCUT2D eigenvalue weighted by Gasteiger charge is 1.94. The summed E-state index contributed by atoms with van der Waals surface area (Å²) in [7, 11) is 0. The predicted octanol–water partition coefficient (Wildman–Crippen LogP) is 6.47. The first kappa shape index (κ1) is 16.7. The fourth-order valence-electron chi connectivity index (χ4n) is 2.01. The lowest BCUT2D eigenvalue weighted by Crippen LogP contribution is -1.85. The fourth-order valence-corrected chi connectivity index (χ4v) is 2.01. The molecule has 1 radical (unpaired) electrons. The molecule has 0 atom stereocenters. The van der Waals surface area contributed by atoms with E-state index in [0.717, 1.165) is 0 Å². The fraction of sp³-hybridized carbons (Fsp3) is 0.824. The molecule has 101 valence electrons. The van der Waals surface area contributed by atoms with Crippen LogP contribution in [0.2, 0.25) is 0 Å². The van der Waals surface area contributed by atoms with Crippen LogP contribution in [0.25, 0.3) is 0 Å². The van der Waals surface area contributed by atoms with E-state index < -0.39 is 0 Å². The minimum atomic E-state index is 1.28. The summed E-state index contributed by atoms with van der Waals surface area (Å²) in [6.07, 6.45) is 19.8. The lowest BCUT2D eigenvalue weighted by atomic mass is 10.0. The molecule has 17 heavy (non-hydrogen) atoms. The molecule has 0 saturated carbocycles. The molecular formula is C17H33. The Morgan fingerprint density at radius 2 is 1.24 bits per heavy atom. The van der Waals surface area contributed by atoms with Crippen molar-refractivity contribution in [2.75, 3.05) is 0 Å². The van der Waals surface area contributed by atoms with Gasteiger partial charge in [-0.15, -0.1) is 0 Å². The van der Waals surface area contributed by atoms with Crippen LogP contribution in [0.4, 0.5) is 0 Å². The summed E-state index contributed by atoms with van der Waals surface area (Å²) < 4.78 is 0. The topological polar surface area (TPSA) is 0 Å². The standard InChI is InChI=1S/C17H33/c1-4-5-6-7-8-9-10-11-12-13-14-15-16-17(2)3/h7-8H,4-6,9-16H2,1-3H3. The first-order valence-electron chi connectivity index (χ1n) is 7.71. The highest BCUT2D eigenvalue weighted by Crippen LogP contribution is 2.13. The normalized spacial score (nSPS) is 11.8. The second-order valence-corrected chi connectivity index (χ2v) is 5.48. The minimum absolute atomic E-state index is 1.28. The van der Waals surface area contributed by atoms with Crippen LogP contribution < -0.4 is 0 Å². The van der Waals surface area contributed by atoms with E-state index in [2.05, 4.69) is 32.9 Å². The third-order valence-electron chi connectivity index (χ3n) is 3.19. The van der Waals surface area contributed by atoms with Gasteiger partial charge in [-0.3, -0.25) is 0 Å². The quantitative estimate of drug-likeness (QED) is 0.269. The first-order valence-corrected chi connectivity index (χ1v) is 7.71. The van der Waals surface area contributed by atoms with Crippen molar-refractivity contribution >= 4 is 0 Å². The molecule has 0 fully saturated rings. The number of unbranched alkanes of at least 4 members (excludes halogenated alkanes) is 8. The van der Waals surface area contributed by atoms with E-state index in [0.29, 0.717) is 0 Å². The maximum atomic E-state index is 2.38. The van der Waals surface area contributed by atoms with Gasteiger partial charge in [0.2, 0.25) is 0 Å². The lowest BCUT2D eigenvalue weighted by molar-refractivity contribution is 0.585. The summed E-state index contributed by atoms with van der Waals surface area (Å²) in [5.41, 5.74) is 0. The van der Waals surface area contributed by atoms with Gasteiger partial charge in [-0.05, 0) is 31.6 Å². The monoisotopic (exact) mass is 237 g/mol. The Balaban J connectivity index is 3.01. The van der Waals surface area contributed by atoms with E-state index in [4.69, 9.17) is 0 Å². The average molecular weight is 237 g/mol. The van der Waals surface area contributed by atoms with Crippen LogP contribution in [0.3, 0.4) is 0 Å². The van der Waals surface area contributed by atoms with Crippen LogP contribution in [-0.4, -0.2) is 0 Å². The summed E-state index contributed by atoms with van der Waals surface area (Å²) in [6, 6.07) is 0. The zero-order valence-electron chi connectivity index (χ0n) is 12.4. The number of hydrogen-bond donors (Lipinski definition) is 0. The molecule has 0 unspecified atom stereocenters. The molecule has 0 aliphatic rings. The van der Waals surface area contributed by atoms with Crippen molar-refractivity contribution in [2.45, 2.75) is 91.4 Å². The Hall–Kier alpha value is -0.260. The molecule has 0 spiro atoms. The van der Waals surface area contributed by atoms with Gasteiger partial charge >= 0.3 is 0 Å². The molecule has 0 amide bonds. The Morgan fingerprint density at radius 1 is 0.706 bits per heavy atom. The van der Waals surface area contributed by atoms with Crippen molar-refractivity contribution in [3.8, 4) is 0 Å². The molecular weight excluding hydrogens is 204 g/mol. The highest BCUT2D eigenvalue weighted by atomic mass is 14.0. The van der Waals surface area contributed by atoms with Crippen molar-refractivity contribution < 1.29 is 0 Å². The van der Waals surface area contributed by atoms with Crippen molar-refractivity contribution in [3.05, 3.63) is 18.1 Å². The van der Waals surface area contributed by atoms with Gasteiger partial charge in [0, 0.05) is 0 Å². The van der Waals surface area contributed by atoms with Crippen molar-refractivity contribution in [1.29, 1.82) is 0 Å². The van der Waals surface area contributed by atoms with Crippen LogP contribution in [0.1, 0.15) is 91.4 Å². The van der Waals surface area contributed by atoms with E-state index in [1.54, 1.807) is 5.92 Å². The molecule has 0 aliphatic heterocycles. The summed E-state index contributed by atoms with van der Waals surface area (Å²) in [6.45, 7) is 6.74. The van der Waals surface area contributed by atoms with E-state index in [9.17, 15) is 0 Å². The third-order valence-corrected chi connectivity index (χ3v) is 3.19. The Kier molecular flexibility index (Phi) is 13.6. The average Bonchev–Trinajstić information content (AvgIpc) is 2.30. The molecule has 0 heterocycles. The summed E-state index contributed by atoms with van der Waals surface area (Å²) in [5, 5.41) is 0. The van der Waals surface area contributed by atoms with Crippen LogP contribution in [0.15, 0.2) is 12.2 Å². The molecule has 0 bridgehead atoms. The summed E-state index contributed by atoms with van der Waals surface area (Å²) >= 11 is 0. The van der Waals surface area contributed by atoms with Gasteiger partial charge in [-0.2, -0.15) is 0 Å². The number of rotatable bonds is 12. The first-order chi connectivity index (χ1) is 8.27. The Bertz CT molecular complexity index is 155. The van der Waals surface area contributed by atoms with Gasteiger partial charge in [-0.1, -0.05) is 77.9 Å². The molecule has 0 aliphatic carbocycles. The molecule has 0 heteroatoms. The molecule has 0 saturated heterocycles. The van der Waals surface area contributed by atoms with Gasteiger partial charge in [0.1, 0.15) is 0 Å².